The molecule has 0 unspecified atom stereocenters. The minimum atomic E-state index is -0.349. The number of rotatable bonds is 4. The summed E-state index contributed by atoms with van der Waals surface area (Å²) in [6.45, 7) is 6.19. The van der Waals surface area contributed by atoms with Crippen molar-refractivity contribution in [2.75, 3.05) is 18.4 Å². The molecule has 0 aromatic heterocycles. The first-order chi connectivity index (χ1) is 8.82. The fraction of sp³-hybridized carbons (Fsp3) is 0.429. The molecule has 0 heterocycles. The van der Waals surface area contributed by atoms with E-state index in [1.54, 1.807) is 0 Å². The summed E-state index contributed by atoms with van der Waals surface area (Å²) in [6, 6.07) is 7.66. The highest BCUT2D eigenvalue weighted by molar-refractivity contribution is 5.94. The van der Waals surface area contributed by atoms with Gasteiger partial charge in [-0.1, -0.05) is 32.9 Å². The Labute approximate surface area is 113 Å². The van der Waals surface area contributed by atoms with Crippen molar-refractivity contribution in [3.8, 4) is 0 Å². The molecule has 0 radical (unpaired) electrons. The van der Waals surface area contributed by atoms with Gasteiger partial charge in [0.05, 0.1) is 13.1 Å². The van der Waals surface area contributed by atoms with Crippen LogP contribution in [0.4, 0.5) is 5.69 Å². The summed E-state index contributed by atoms with van der Waals surface area (Å²) in [6.07, 6.45) is 0. The van der Waals surface area contributed by atoms with E-state index in [9.17, 15) is 9.59 Å². The lowest BCUT2D eigenvalue weighted by molar-refractivity contribution is -0.123. The molecule has 0 saturated carbocycles. The largest absolute Gasteiger partial charge is 0.346 e. The Balaban J connectivity index is 2.54. The lowest BCUT2D eigenvalue weighted by Gasteiger charge is -2.19. The number of hydrogen-bond acceptors (Lipinski definition) is 3. The first-order valence-electron chi connectivity index (χ1n) is 6.20. The third-order valence-electron chi connectivity index (χ3n) is 2.67. The van der Waals surface area contributed by atoms with Crippen LogP contribution in [0.2, 0.25) is 0 Å². The molecule has 0 aliphatic rings. The second kappa shape index (κ2) is 6.33. The van der Waals surface area contributed by atoms with Crippen LogP contribution in [0.15, 0.2) is 24.3 Å². The van der Waals surface area contributed by atoms with Crippen molar-refractivity contribution in [2.24, 2.45) is 5.73 Å². The number of carbonyl (C=O) groups is 2. The topological polar surface area (TPSA) is 84.2 Å². The summed E-state index contributed by atoms with van der Waals surface area (Å²) in [5.74, 6) is -0.622. The summed E-state index contributed by atoms with van der Waals surface area (Å²) in [5, 5.41) is 5.12. The highest BCUT2D eigenvalue weighted by Gasteiger charge is 2.13. The van der Waals surface area contributed by atoms with Crippen LogP contribution in [0.1, 0.15) is 26.3 Å². The van der Waals surface area contributed by atoms with Crippen LogP contribution in [0.5, 0.6) is 0 Å². The van der Waals surface area contributed by atoms with Crippen molar-refractivity contribution in [3.05, 3.63) is 29.8 Å². The van der Waals surface area contributed by atoms with Crippen molar-refractivity contribution in [1.29, 1.82) is 0 Å². The number of benzene rings is 1. The van der Waals surface area contributed by atoms with Crippen molar-refractivity contribution in [1.82, 2.24) is 5.32 Å². The molecule has 0 aliphatic carbocycles. The minimum Gasteiger partial charge on any atom is -0.346 e. The standard InChI is InChI=1S/C14H21N3O2/c1-14(2,3)10-4-6-11(7-5-10)17-13(19)9-16-12(18)8-15/h4-7H,8-9,15H2,1-3H3,(H,16,18)(H,17,19). The predicted octanol–water partition coefficient (Wildman–Crippen LogP) is 0.998. The van der Waals surface area contributed by atoms with Gasteiger partial charge >= 0.3 is 0 Å². The number of nitrogens with two attached hydrogens (primary N) is 1. The van der Waals surface area contributed by atoms with E-state index in [4.69, 9.17) is 5.73 Å². The highest BCUT2D eigenvalue weighted by Crippen LogP contribution is 2.23. The van der Waals surface area contributed by atoms with E-state index in [-0.39, 0.29) is 30.3 Å². The number of amides is 2. The van der Waals surface area contributed by atoms with Crippen LogP contribution in [0, 0.1) is 0 Å². The van der Waals surface area contributed by atoms with Crippen LogP contribution in [-0.4, -0.2) is 24.9 Å². The molecule has 0 aliphatic heterocycles. The fourth-order valence-electron chi connectivity index (χ4n) is 1.51. The Bertz CT molecular complexity index is 447. The quantitative estimate of drug-likeness (QED) is 0.757. The van der Waals surface area contributed by atoms with Gasteiger partial charge in [0.2, 0.25) is 11.8 Å². The summed E-state index contributed by atoms with van der Waals surface area (Å²) >= 11 is 0. The number of carbonyl (C=O) groups excluding carboxylic acids is 2. The average Bonchev–Trinajstić information content (AvgIpc) is 2.35. The number of anilines is 1. The van der Waals surface area contributed by atoms with E-state index in [1.807, 2.05) is 24.3 Å². The maximum absolute atomic E-state index is 11.5. The highest BCUT2D eigenvalue weighted by atomic mass is 16.2. The molecule has 104 valence electrons. The van der Waals surface area contributed by atoms with Crippen molar-refractivity contribution >= 4 is 17.5 Å². The summed E-state index contributed by atoms with van der Waals surface area (Å²) < 4.78 is 0. The molecule has 0 fully saturated rings. The fourth-order valence-corrected chi connectivity index (χ4v) is 1.51. The van der Waals surface area contributed by atoms with Gasteiger partial charge in [0.15, 0.2) is 0 Å². The average molecular weight is 263 g/mol. The zero-order chi connectivity index (χ0) is 14.5. The maximum Gasteiger partial charge on any atom is 0.243 e. The van der Waals surface area contributed by atoms with Crippen molar-refractivity contribution in [2.45, 2.75) is 26.2 Å². The molecule has 19 heavy (non-hydrogen) atoms. The molecule has 1 rings (SSSR count). The Morgan fingerprint density at radius 2 is 1.68 bits per heavy atom. The summed E-state index contributed by atoms with van der Waals surface area (Å²) in [7, 11) is 0. The Kier molecular flexibility index (Phi) is 5.06. The van der Waals surface area contributed by atoms with Gasteiger partial charge in [-0.15, -0.1) is 0 Å². The van der Waals surface area contributed by atoms with E-state index < -0.39 is 0 Å². The van der Waals surface area contributed by atoms with Gasteiger partial charge in [-0.3, -0.25) is 9.59 Å². The zero-order valence-electron chi connectivity index (χ0n) is 11.6. The molecule has 2 amide bonds. The van der Waals surface area contributed by atoms with Crippen LogP contribution in [0.3, 0.4) is 0 Å². The number of hydrogen-bond donors (Lipinski definition) is 3. The van der Waals surface area contributed by atoms with Gasteiger partial charge in [-0.05, 0) is 23.1 Å². The summed E-state index contributed by atoms with van der Waals surface area (Å²) in [4.78, 5) is 22.5. The first kappa shape index (κ1) is 15.2. The minimum absolute atomic E-state index is 0.0724. The molecule has 4 N–H and O–H groups in total. The number of nitrogens with one attached hydrogen (secondary N) is 2. The van der Waals surface area contributed by atoms with Gasteiger partial charge in [0.25, 0.3) is 0 Å². The van der Waals surface area contributed by atoms with Gasteiger partial charge in [-0.25, -0.2) is 0 Å². The molecule has 1 aromatic rings. The molecule has 0 spiro atoms. The third-order valence-corrected chi connectivity index (χ3v) is 2.67. The summed E-state index contributed by atoms with van der Waals surface area (Å²) in [5.41, 5.74) is 7.11. The van der Waals surface area contributed by atoms with E-state index in [0.29, 0.717) is 5.69 Å². The van der Waals surface area contributed by atoms with Crippen LogP contribution < -0.4 is 16.4 Å². The molecule has 5 nitrogen and oxygen atoms in total. The van der Waals surface area contributed by atoms with Gasteiger partial charge in [0.1, 0.15) is 0 Å². The molecular weight excluding hydrogens is 242 g/mol. The van der Waals surface area contributed by atoms with Gasteiger partial charge in [0, 0.05) is 5.69 Å². The molecule has 0 atom stereocenters. The molecular formula is C14H21N3O2. The van der Waals surface area contributed by atoms with Crippen molar-refractivity contribution < 1.29 is 9.59 Å². The Hall–Kier alpha value is -1.88. The molecule has 0 bridgehead atoms. The first-order valence-corrected chi connectivity index (χ1v) is 6.20. The van der Waals surface area contributed by atoms with Crippen LogP contribution in [0.25, 0.3) is 0 Å². The van der Waals surface area contributed by atoms with E-state index in [1.165, 1.54) is 5.56 Å². The molecule has 0 saturated heterocycles. The smallest absolute Gasteiger partial charge is 0.243 e. The SMILES string of the molecule is CC(C)(C)c1ccc(NC(=O)CNC(=O)CN)cc1. The normalized spacial score (nSPS) is 10.9. The molecule has 5 heteroatoms. The zero-order valence-corrected chi connectivity index (χ0v) is 11.6. The molecule has 1 aromatic carbocycles. The van der Waals surface area contributed by atoms with E-state index >= 15 is 0 Å². The second-order valence-corrected chi connectivity index (χ2v) is 5.36. The van der Waals surface area contributed by atoms with Crippen molar-refractivity contribution in [3.63, 3.8) is 0 Å². The van der Waals surface area contributed by atoms with E-state index in [2.05, 4.69) is 31.4 Å². The van der Waals surface area contributed by atoms with Gasteiger partial charge in [-0.2, -0.15) is 0 Å². The van der Waals surface area contributed by atoms with Gasteiger partial charge < -0.3 is 16.4 Å². The maximum atomic E-state index is 11.5. The second-order valence-electron chi connectivity index (χ2n) is 5.36. The Morgan fingerprint density at radius 3 is 2.16 bits per heavy atom. The lowest BCUT2D eigenvalue weighted by Crippen LogP contribution is -2.36. The Morgan fingerprint density at radius 1 is 1.11 bits per heavy atom. The predicted molar refractivity (Wildman–Crippen MR) is 75.8 cm³/mol. The van der Waals surface area contributed by atoms with Crippen LogP contribution in [-0.2, 0) is 15.0 Å². The third kappa shape index (κ3) is 5.09. The lowest BCUT2D eigenvalue weighted by atomic mass is 9.87. The van der Waals surface area contributed by atoms with Crippen LogP contribution >= 0.6 is 0 Å². The van der Waals surface area contributed by atoms with E-state index in [0.717, 1.165) is 0 Å². The monoisotopic (exact) mass is 263 g/mol.